The number of hydrogen-bond donors (Lipinski definition) is 2. The standard InChI is InChI=1S/C22H19N3O/c1-2-4-20-19(3-1)24-22(25-20)16-7-5-15(6-8-16)17-9-10-21-18(13-17)14-23-11-12-26-21/h1-10,13,23H,11-12,14H2,(H,24,25). The first-order chi connectivity index (χ1) is 12.9. The molecule has 0 aliphatic carbocycles. The van der Waals surface area contributed by atoms with Gasteiger partial charge in [-0.05, 0) is 35.4 Å². The maximum absolute atomic E-state index is 5.77. The molecule has 0 atom stereocenters. The molecule has 0 bridgehead atoms. The second kappa shape index (κ2) is 6.32. The van der Waals surface area contributed by atoms with Gasteiger partial charge in [-0.15, -0.1) is 0 Å². The smallest absolute Gasteiger partial charge is 0.138 e. The highest BCUT2D eigenvalue weighted by atomic mass is 16.5. The van der Waals surface area contributed by atoms with Gasteiger partial charge in [-0.2, -0.15) is 0 Å². The Kier molecular flexibility index (Phi) is 3.68. The molecule has 26 heavy (non-hydrogen) atoms. The molecule has 2 heterocycles. The molecule has 1 aliphatic heterocycles. The monoisotopic (exact) mass is 341 g/mol. The zero-order valence-electron chi connectivity index (χ0n) is 14.3. The van der Waals surface area contributed by atoms with E-state index in [-0.39, 0.29) is 0 Å². The first-order valence-electron chi connectivity index (χ1n) is 8.89. The zero-order valence-corrected chi connectivity index (χ0v) is 14.3. The number of aromatic nitrogens is 2. The van der Waals surface area contributed by atoms with Crippen molar-refractivity contribution in [1.82, 2.24) is 15.3 Å². The first-order valence-corrected chi connectivity index (χ1v) is 8.89. The summed E-state index contributed by atoms with van der Waals surface area (Å²) in [5, 5.41) is 3.39. The highest BCUT2D eigenvalue weighted by molar-refractivity contribution is 5.79. The van der Waals surface area contributed by atoms with Gasteiger partial charge in [0.2, 0.25) is 0 Å². The average Bonchev–Trinajstić information content (AvgIpc) is 2.99. The van der Waals surface area contributed by atoms with Gasteiger partial charge < -0.3 is 15.0 Å². The van der Waals surface area contributed by atoms with Crippen LogP contribution in [0.5, 0.6) is 5.75 Å². The summed E-state index contributed by atoms with van der Waals surface area (Å²) in [5.74, 6) is 1.88. The lowest BCUT2D eigenvalue weighted by Gasteiger charge is -2.09. The summed E-state index contributed by atoms with van der Waals surface area (Å²) in [7, 11) is 0. The van der Waals surface area contributed by atoms with Crippen LogP contribution in [0.1, 0.15) is 5.56 Å². The second-order valence-corrected chi connectivity index (χ2v) is 6.53. The van der Waals surface area contributed by atoms with Crippen LogP contribution in [-0.2, 0) is 6.54 Å². The molecule has 0 unspecified atom stereocenters. The lowest BCUT2D eigenvalue weighted by molar-refractivity contribution is 0.326. The summed E-state index contributed by atoms with van der Waals surface area (Å²) in [6.45, 7) is 2.45. The zero-order chi connectivity index (χ0) is 17.3. The van der Waals surface area contributed by atoms with Gasteiger partial charge in [-0.25, -0.2) is 4.98 Å². The molecule has 4 aromatic rings. The highest BCUT2D eigenvalue weighted by Crippen LogP contribution is 2.29. The number of aromatic amines is 1. The molecule has 0 saturated heterocycles. The van der Waals surface area contributed by atoms with E-state index >= 15 is 0 Å². The van der Waals surface area contributed by atoms with E-state index in [9.17, 15) is 0 Å². The molecule has 0 fully saturated rings. The molecule has 0 amide bonds. The van der Waals surface area contributed by atoms with Gasteiger partial charge in [-0.1, -0.05) is 42.5 Å². The third-order valence-corrected chi connectivity index (χ3v) is 4.79. The van der Waals surface area contributed by atoms with Crippen molar-refractivity contribution in [3.05, 3.63) is 72.3 Å². The van der Waals surface area contributed by atoms with E-state index in [0.717, 1.165) is 47.9 Å². The number of benzene rings is 3. The van der Waals surface area contributed by atoms with Gasteiger partial charge in [0.25, 0.3) is 0 Å². The Morgan fingerprint density at radius 1 is 0.846 bits per heavy atom. The number of nitrogens with zero attached hydrogens (tertiary/aromatic N) is 1. The number of H-pyrrole nitrogens is 1. The molecule has 1 aliphatic rings. The third-order valence-electron chi connectivity index (χ3n) is 4.79. The molecule has 2 N–H and O–H groups in total. The maximum Gasteiger partial charge on any atom is 0.138 e. The summed E-state index contributed by atoms with van der Waals surface area (Å²) in [6, 6.07) is 23.0. The molecule has 0 spiro atoms. The Morgan fingerprint density at radius 2 is 1.65 bits per heavy atom. The van der Waals surface area contributed by atoms with Crippen LogP contribution in [0.3, 0.4) is 0 Å². The lowest BCUT2D eigenvalue weighted by atomic mass is 10.0. The number of nitrogens with one attached hydrogen (secondary N) is 2. The number of hydrogen-bond acceptors (Lipinski definition) is 3. The van der Waals surface area contributed by atoms with Crippen LogP contribution in [0.4, 0.5) is 0 Å². The SMILES string of the molecule is c1ccc2[nH]c(-c3ccc(-c4ccc5c(c4)CNCCO5)cc3)nc2c1. The van der Waals surface area contributed by atoms with Gasteiger partial charge in [0.1, 0.15) is 18.2 Å². The van der Waals surface area contributed by atoms with Crippen molar-refractivity contribution in [3.8, 4) is 28.3 Å². The molecular weight excluding hydrogens is 322 g/mol. The molecule has 0 saturated carbocycles. The molecule has 4 heteroatoms. The van der Waals surface area contributed by atoms with Crippen LogP contribution >= 0.6 is 0 Å². The molecule has 4 nitrogen and oxygen atoms in total. The van der Waals surface area contributed by atoms with Crippen molar-refractivity contribution >= 4 is 11.0 Å². The van der Waals surface area contributed by atoms with Crippen molar-refractivity contribution in [2.45, 2.75) is 6.54 Å². The van der Waals surface area contributed by atoms with Crippen LogP contribution < -0.4 is 10.1 Å². The van der Waals surface area contributed by atoms with E-state index in [1.165, 1.54) is 16.7 Å². The minimum Gasteiger partial charge on any atom is -0.492 e. The predicted molar refractivity (Wildman–Crippen MR) is 104 cm³/mol. The largest absolute Gasteiger partial charge is 0.492 e. The Morgan fingerprint density at radius 3 is 2.54 bits per heavy atom. The van der Waals surface area contributed by atoms with E-state index in [4.69, 9.17) is 4.74 Å². The van der Waals surface area contributed by atoms with E-state index in [1.807, 2.05) is 24.3 Å². The van der Waals surface area contributed by atoms with Gasteiger partial charge in [-0.3, -0.25) is 0 Å². The summed E-state index contributed by atoms with van der Waals surface area (Å²) in [5.41, 5.74) is 6.74. The van der Waals surface area contributed by atoms with Crippen molar-refractivity contribution in [2.24, 2.45) is 0 Å². The summed E-state index contributed by atoms with van der Waals surface area (Å²) >= 11 is 0. The van der Waals surface area contributed by atoms with Gasteiger partial charge in [0.05, 0.1) is 11.0 Å². The predicted octanol–water partition coefficient (Wildman–Crippen LogP) is 4.38. The number of imidazole rings is 1. The second-order valence-electron chi connectivity index (χ2n) is 6.53. The normalized spacial score (nSPS) is 13.8. The summed E-state index contributed by atoms with van der Waals surface area (Å²) < 4.78 is 5.77. The highest BCUT2D eigenvalue weighted by Gasteiger charge is 2.10. The average molecular weight is 341 g/mol. The van der Waals surface area contributed by atoms with Crippen molar-refractivity contribution in [1.29, 1.82) is 0 Å². The number of rotatable bonds is 2. The number of ether oxygens (including phenoxy) is 1. The topological polar surface area (TPSA) is 49.9 Å². The Balaban J connectivity index is 1.47. The molecule has 128 valence electrons. The maximum atomic E-state index is 5.77. The quantitative estimate of drug-likeness (QED) is 0.569. The van der Waals surface area contributed by atoms with Crippen LogP contribution in [0, 0.1) is 0 Å². The van der Waals surface area contributed by atoms with Crippen LogP contribution in [-0.4, -0.2) is 23.1 Å². The third kappa shape index (κ3) is 2.74. The van der Waals surface area contributed by atoms with Crippen LogP contribution in [0.15, 0.2) is 66.7 Å². The van der Waals surface area contributed by atoms with Crippen LogP contribution in [0.2, 0.25) is 0 Å². The summed E-state index contributed by atoms with van der Waals surface area (Å²) in [6.07, 6.45) is 0. The molecular formula is C22H19N3O. The molecule has 0 radical (unpaired) electrons. The lowest BCUT2D eigenvalue weighted by Crippen LogP contribution is -2.16. The fourth-order valence-electron chi connectivity index (χ4n) is 3.40. The minimum atomic E-state index is 0.721. The molecule has 3 aromatic carbocycles. The minimum absolute atomic E-state index is 0.721. The van der Waals surface area contributed by atoms with E-state index in [0.29, 0.717) is 0 Å². The molecule has 1 aromatic heterocycles. The Hall–Kier alpha value is -3.11. The van der Waals surface area contributed by atoms with Crippen molar-refractivity contribution in [2.75, 3.05) is 13.2 Å². The van der Waals surface area contributed by atoms with Gasteiger partial charge in [0.15, 0.2) is 0 Å². The van der Waals surface area contributed by atoms with Crippen LogP contribution in [0.25, 0.3) is 33.5 Å². The van der Waals surface area contributed by atoms with E-state index < -0.39 is 0 Å². The molecule has 5 rings (SSSR count). The van der Waals surface area contributed by atoms with E-state index in [1.54, 1.807) is 0 Å². The number of fused-ring (bicyclic) bond motifs is 2. The van der Waals surface area contributed by atoms with Gasteiger partial charge >= 0.3 is 0 Å². The first kappa shape index (κ1) is 15.2. The number of para-hydroxylation sites is 2. The van der Waals surface area contributed by atoms with Gasteiger partial charge in [0, 0.05) is 24.2 Å². The van der Waals surface area contributed by atoms with Crippen molar-refractivity contribution in [3.63, 3.8) is 0 Å². The van der Waals surface area contributed by atoms with E-state index in [2.05, 4.69) is 57.7 Å². The fraction of sp³-hybridized carbons (Fsp3) is 0.136. The summed E-state index contributed by atoms with van der Waals surface area (Å²) in [4.78, 5) is 8.06. The fourth-order valence-corrected chi connectivity index (χ4v) is 3.40. The van der Waals surface area contributed by atoms with Crippen molar-refractivity contribution < 1.29 is 4.74 Å². The Bertz CT molecular complexity index is 1030. The Labute approximate surface area is 151 Å².